The highest BCUT2D eigenvalue weighted by Crippen LogP contribution is 2.27. The van der Waals surface area contributed by atoms with Gasteiger partial charge in [-0.25, -0.2) is 0 Å². The Morgan fingerprint density at radius 3 is 2.79 bits per heavy atom. The summed E-state index contributed by atoms with van der Waals surface area (Å²) < 4.78 is 0. The van der Waals surface area contributed by atoms with Gasteiger partial charge in [0.15, 0.2) is 0 Å². The van der Waals surface area contributed by atoms with Gasteiger partial charge < -0.3 is 15.9 Å². The van der Waals surface area contributed by atoms with E-state index in [9.17, 15) is 5.11 Å². The summed E-state index contributed by atoms with van der Waals surface area (Å²) in [6.45, 7) is -0.0443. The van der Waals surface area contributed by atoms with E-state index >= 15 is 0 Å². The number of rotatable bonds is 3. The maximum atomic E-state index is 9.60. The Hall–Kier alpha value is -1.57. The van der Waals surface area contributed by atoms with E-state index in [4.69, 9.17) is 16.1 Å². The molecule has 0 radical (unpaired) electrons. The number of aliphatic hydroxyl groups excluding tert-OH is 1. The minimum Gasteiger partial charge on any atom is -0.506 e. The van der Waals surface area contributed by atoms with Crippen molar-refractivity contribution in [1.82, 2.24) is 0 Å². The third-order valence-corrected chi connectivity index (χ3v) is 2.03. The van der Waals surface area contributed by atoms with Gasteiger partial charge in [0.2, 0.25) is 0 Å². The number of para-hydroxylation sites is 1. The molecule has 0 bridgehead atoms. The molecule has 74 valence electrons. The Morgan fingerprint density at radius 1 is 1.50 bits per heavy atom. The second-order valence-electron chi connectivity index (χ2n) is 2.97. The van der Waals surface area contributed by atoms with Crippen LogP contribution in [0.2, 0.25) is 0 Å². The number of phenols is 1. The van der Waals surface area contributed by atoms with Crippen molar-refractivity contribution >= 4 is 0 Å². The van der Waals surface area contributed by atoms with Gasteiger partial charge in [0.1, 0.15) is 11.8 Å². The molecule has 4 heteroatoms. The van der Waals surface area contributed by atoms with Crippen LogP contribution in [0, 0.1) is 11.3 Å². The van der Waals surface area contributed by atoms with Crippen molar-refractivity contribution in [3.05, 3.63) is 29.3 Å². The quantitative estimate of drug-likeness (QED) is 0.655. The molecule has 4 nitrogen and oxygen atoms in total. The minimum absolute atomic E-state index is 0.0443. The van der Waals surface area contributed by atoms with Gasteiger partial charge in [0, 0.05) is 18.2 Å². The highest BCUT2D eigenvalue weighted by Gasteiger charge is 2.12. The summed E-state index contributed by atoms with van der Waals surface area (Å²) >= 11 is 0. The van der Waals surface area contributed by atoms with Crippen molar-refractivity contribution in [1.29, 1.82) is 5.26 Å². The van der Waals surface area contributed by atoms with E-state index in [0.29, 0.717) is 12.0 Å². The van der Waals surface area contributed by atoms with Gasteiger partial charge in [0.25, 0.3) is 0 Å². The summed E-state index contributed by atoms with van der Waals surface area (Å²) in [5, 5.41) is 26.9. The van der Waals surface area contributed by atoms with E-state index < -0.39 is 6.04 Å². The average Bonchev–Trinajstić information content (AvgIpc) is 2.18. The first-order valence-electron chi connectivity index (χ1n) is 4.29. The van der Waals surface area contributed by atoms with E-state index in [0.717, 1.165) is 0 Å². The predicted molar refractivity (Wildman–Crippen MR) is 51.5 cm³/mol. The number of nitrogens with zero attached hydrogens (tertiary/aromatic N) is 1. The van der Waals surface area contributed by atoms with Gasteiger partial charge in [-0.3, -0.25) is 0 Å². The summed E-state index contributed by atoms with van der Waals surface area (Å²) in [5.74, 6) is -0.0871. The molecule has 4 N–H and O–H groups in total. The van der Waals surface area contributed by atoms with Crippen LogP contribution in [0.25, 0.3) is 0 Å². The largest absolute Gasteiger partial charge is 0.506 e. The van der Waals surface area contributed by atoms with E-state index in [2.05, 4.69) is 0 Å². The third kappa shape index (κ3) is 2.02. The van der Waals surface area contributed by atoms with E-state index in [-0.39, 0.29) is 17.9 Å². The van der Waals surface area contributed by atoms with Crippen LogP contribution in [0.3, 0.4) is 0 Å². The molecule has 1 aromatic rings. The van der Waals surface area contributed by atoms with Crippen molar-refractivity contribution in [2.45, 2.75) is 12.5 Å². The number of aromatic hydroxyl groups is 1. The molecule has 0 saturated carbocycles. The molecule has 0 amide bonds. The van der Waals surface area contributed by atoms with Crippen LogP contribution in [0.4, 0.5) is 0 Å². The molecule has 1 rings (SSSR count). The second kappa shape index (κ2) is 4.61. The molecule has 0 aliphatic rings. The molecule has 0 heterocycles. The van der Waals surface area contributed by atoms with E-state index in [1.165, 1.54) is 6.07 Å². The molecule has 0 spiro atoms. The van der Waals surface area contributed by atoms with Crippen molar-refractivity contribution < 1.29 is 10.2 Å². The zero-order chi connectivity index (χ0) is 10.6. The summed E-state index contributed by atoms with van der Waals surface area (Å²) in [7, 11) is 0. The second-order valence-corrected chi connectivity index (χ2v) is 2.97. The molecule has 0 aliphatic heterocycles. The summed E-state index contributed by atoms with van der Waals surface area (Å²) in [5.41, 5.74) is 6.40. The maximum Gasteiger partial charge on any atom is 0.138 e. The fourth-order valence-corrected chi connectivity index (χ4v) is 1.25. The predicted octanol–water partition coefficient (Wildman–Crippen LogP) is 0.646. The zero-order valence-electron chi connectivity index (χ0n) is 7.64. The summed E-state index contributed by atoms with van der Waals surface area (Å²) in [4.78, 5) is 0. The lowest BCUT2D eigenvalue weighted by Crippen LogP contribution is -2.12. The van der Waals surface area contributed by atoms with Gasteiger partial charge in [-0.05, 0) is 12.5 Å². The first kappa shape index (κ1) is 10.5. The number of hydrogen-bond donors (Lipinski definition) is 3. The van der Waals surface area contributed by atoms with Crippen LogP contribution >= 0.6 is 0 Å². The maximum absolute atomic E-state index is 9.60. The molecule has 0 aliphatic carbocycles. The Balaban J connectivity index is 3.04. The summed E-state index contributed by atoms with van der Waals surface area (Å²) in [6, 6.07) is 6.25. The fraction of sp³-hybridized carbons (Fsp3) is 0.300. The fourth-order valence-electron chi connectivity index (χ4n) is 1.25. The van der Waals surface area contributed by atoms with Gasteiger partial charge >= 0.3 is 0 Å². The lowest BCUT2D eigenvalue weighted by molar-refractivity contribution is 0.275. The number of hydrogen-bond acceptors (Lipinski definition) is 4. The molecular formula is C10H12N2O2. The standard InChI is InChI=1S/C10H12N2O2/c11-6-7-2-1-3-8(10(7)14)9(12)4-5-13/h1-3,9,13-14H,4-5,12H2. The lowest BCUT2D eigenvalue weighted by atomic mass is 10.0. The third-order valence-electron chi connectivity index (χ3n) is 2.03. The summed E-state index contributed by atoms with van der Waals surface area (Å²) in [6.07, 6.45) is 0.364. The molecule has 0 fully saturated rings. The van der Waals surface area contributed by atoms with Crippen LogP contribution in [-0.4, -0.2) is 16.8 Å². The van der Waals surface area contributed by atoms with Crippen LogP contribution in [0.15, 0.2) is 18.2 Å². The monoisotopic (exact) mass is 192 g/mol. The Kier molecular flexibility index (Phi) is 3.46. The van der Waals surface area contributed by atoms with Gasteiger partial charge in [-0.15, -0.1) is 0 Å². The van der Waals surface area contributed by atoms with Crippen molar-refractivity contribution in [3.63, 3.8) is 0 Å². The molecule has 0 aromatic heterocycles. The number of benzene rings is 1. The molecule has 1 unspecified atom stereocenters. The molecule has 1 aromatic carbocycles. The zero-order valence-corrected chi connectivity index (χ0v) is 7.64. The molecular weight excluding hydrogens is 180 g/mol. The van der Waals surface area contributed by atoms with Crippen LogP contribution < -0.4 is 5.73 Å². The first-order valence-corrected chi connectivity index (χ1v) is 4.29. The minimum atomic E-state index is -0.437. The van der Waals surface area contributed by atoms with Crippen LogP contribution in [-0.2, 0) is 0 Å². The Morgan fingerprint density at radius 2 is 2.21 bits per heavy atom. The topological polar surface area (TPSA) is 90.3 Å². The molecule has 0 saturated heterocycles. The number of aliphatic hydroxyl groups is 1. The molecule has 1 atom stereocenters. The lowest BCUT2D eigenvalue weighted by Gasteiger charge is -2.12. The van der Waals surface area contributed by atoms with E-state index in [1.807, 2.05) is 6.07 Å². The van der Waals surface area contributed by atoms with E-state index in [1.54, 1.807) is 12.1 Å². The van der Waals surface area contributed by atoms with Gasteiger partial charge in [-0.1, -0.05) is 12.1 Å². The van der Waals surface area contributed by atoms with Crippen LogP contribution in [0.5, 0.6) is 5.75 Å². The Labute approximate surface area is 82.2 Å². The Bertz CT molecular complexity index is 358. The average molecular weight is 192 g/mol. The first-order chi connectivity index (χ1) is 6.70. The van der Waals surface area contributed by atoms with Crippen molar-refractivity contribution in [2.24, 2.45) is 5.73 Å². The highest BCUT2D eigenvalue weighted by molar-refractivity contribution is 5.48. The highest BCUT2D eigenvalue weighted by atomic mass is 16.3. The smallest absolute Gasteiger partial charge is 0.138 e. The van der Waals surface area contributed by atoms with Crippen molar-refractivity contribution in [2.75, 3.05) is 6.61 Å². The van der Waals surface area contributed by atoms with Crippen LogP contribution in [0.1, 0.15) is 23.6 Å². The molecule has 14 heavy (non-hydrogen) atoms. The number of nitriles is 1. The van der Waals surface area contributed by atoms with Gasteiger partial charge in [0.05, 0.1) is 5.56 Å². The normalized spacial score (nSPS) is 12.1. The number of phenolic OH excluding ortho intramolecular Hbond substituents is 1. The number of nitrogens with two attached hydrogens (primary N) is 1. The van der Waals surface area contributed by atoms with Crippen molar-refractivity contribution in [3.8, 4) is 11.8 Å². The van der Waals surface area contributed by atoms with Gasteiger partial charge in [-0.2, -0.15) is 5.26 Å². The SMILES string of the molecule is N#Cc1cccc(C(N)CCO)c1O.